The summed E-state index contributed by atoms with van der Waals surface area (Å²) in [5, 5.41) is 14.0. The molecule has 0 saturated heterocycles. The van der Waals surface area contributed by atoms with E-state index in [-0.39, 0.29) is 11.8 Å². The minimum Gasteiger partial charge on any atom is -0.392 e. The summed E-state index contributed by atoms with van der Waals surface area (Å²) in [6, 6.07) is 8.15. The molecule has 1 heterocycles. The molecule has 2 N–H and O–H groups in total. The molecule has 1 aromatic carbocycles. The number of para-hydroxylation sites is 1. The molecule has 6 heteroatoms. The van der Waals surface area contributed by atoms with Gasteiger partial charge >= 0.3 is 0 Å². The first kappa shape index (κ1) is 27.8. The van der Waals surface area contributed by atoms with Gasteiger partial charge in [-0.15, -0.1) is 0 Å². The van der Waals surface area contributed by atoms with E-state index in [1.165, 1.54) is 25.7 Å². The summed E-state index contributed by atoms with van der Waals surface area (Å²) in [5.41, 5.74) is 2.92. The first-order valence-electron chi connectivity index (χ1n) is 15.0. The van der Waals surface area contributed by atoms with Crippen LogP contribution in [0.15, 0.2) is 29.3 Å². The van der Waals surface area contributed by atoms with Crippen LogP contribution in [0.5, 0.6) is 0 Å². The van der Waals surface area contributed by atoms with Crippen molar-refractivity contribution in [2.24, 2.45) is 22.7 Å². The van der Waals surface area contributed by atoms with Crippen molar-refractivity contribution in [3.63, 3.8) is 0 Å². The standard InChI is InChI=1S/C31H47N3O3/c1-3-5-17-27(35)25(21-22-18-19-22)30(36)33-29-31(37)34(20-6-4-2)26-16-12-11-15-24(26)28(32-29)23-13-9-7-8-10-14-23/h11-12,15-16,22-23,25,27,29,35H,3-10,13-14,17-21H2,1-2H3,(H,33,36)/t25-,27+,29?/m1/s1. The lowest BCUT2D eigenvalue weighted by Gasteiger charge is -2.27. The molecule has 6 nitrogen and oxygen atoms in total. The van der Waals surface area contributed by atoms with Crippen molar-refractivity contribution in [3.8, 4) is 0 Å². The van der Waals surface area contributed by atoms with Gasteiger partial charge in [0.15, 0.2) is 0 Å². The van der Waals surface area contributed by atoms with Crippen LogP contribution in [0.2, 0.25) is 0 Å². The maximum atomic E-state index is 14.0. The Morgan fingerprint density at radius 3 is 2.43 bits per heavy atom. The molecule has 0 spiro atoms. The van der Waals surface area contributed by atoms with Crippen molar-refractivity contribution < 1.29 is 14.7 Å². The van der Waals surface area contributed by atoms with Crippen LogP contribution in [0.25, 0.3) is 0 Å². The van der Waals surface area contributed by atoms with Gasteiger partial charge in [0, 0.05) is 18.0 Å². The van der Waals surface area contributed by atoms with E-state index in [0.29, 0.717) is 31.2 Å². The molecule has 204 valence electrons. The van der Waals surface area contributed by atoms with Crippen molar-refractivity contribution in [2.45, 2.75) is 116 Å². The third-order valence-electron chi connectivity index (χ3n) is 8.43. The number of rotatable bonds is 12. The van der Waals surface area contributed by atoms with Crippen molar-refractivity contribution in [1.29, 1.82) is 0 Å². The molecule has 1 unspecified atom stereocenters. The predicted octanol–water partition coefficient (Wildman–Crippen LogP) is 6.00. The van der Waals surface area contributed by atoms with Crippen molar-refractivity contribution >= 4 is 23.2 Å². The summed E-state index contributed by atoms with van der Waals surface area (Å²) in [4.78, 5) is 34.6. The third-order valence-corrected chi connectivity index (χ3v) is 8.43. The lowest BCUT2D eigenvalue weighted by atomic mass is 9.89. The van der Waals surface area contributed by atoms with Crippen molar-refractivity contribution in [3.05, 3.63) is 29.8 Å². The lowest BCUT2D eigenvalue weighted by molar-refractivity contribution is -0.133. The Morgan fingerprint density at radius 1 is 1.05 bits per heavy atom. The summed E-state index contributed by atoms with van der Waals surface area (Å²) in [5.74, 6) is -0.0741. The van der Waals surface area contributed by atoms with Gasteiger partial charge in [-0.3, -0.25) is 14.6 Å². The Bertz CT molecular complexity index is 933. The highest BCUT2D eigenvalue weighted by Crippen LogP contribution is 2.37. The molecule has 2 fully saturated rings. The second kappa shape index (κ2) is 13.5. The zero-order valence-corrected chi connectivity index (χ0v) is 23.0. The Balaban J connectivity index is 1.66. The fourth-order valence-electron chi connectivity index (χ4n) is 5.98. The Labute approximate surface area is 223 Å². The van der Waals surface area contributed by atoms with Crippen LogP contribution in [0, 0.1) is 17.8 Å². The molecule has 0 aromatic heterocycles. The summed E-state index contributed by atoms with van der Waals surface area (Å²) < 4.78 is 0. The number of nitrogens with one attached hydrogen (secondary N) is 1. The van der Waals surface area contributed by atoms with Crippen LogP contribution >= 0.6 is 0 Å². The van der Waals surface area contributed by atoms with Crippen LogP contribution in [-0.4, -0.2) is 41.4 Å². The average molecular weight is 510 g/mol. The monoisotopic (exact) mass is 509 g/mol. The number of nitrogens with zero attached hydrogens (tertiary/aromatic N) is 2. The molecular weight excluding hydrogens is 462 g/mol. The molecule has 3 atom stereocenters. The molecule has 0 bridgehead atoms. The lowest BCUT2D eigenvalue weighted by Crippen LogP contribution is -2.50. The van der Waals surface area contributed by atoms with Gasteiger partial charge < -0.3 is 15.3 Å². The number of hydrogen-bond donors (Lipinski definition) is 2. The van der Waals surface area contributed by atoms with E-state index in [4.69, 9.17) is 4.99 Å². The fraction of sp³-hybridized carbons (Fsp3) is 0.710. The number of unbranched alkanes of at least 4 members (excludes halogenated alkanes) is 2. The number of fused-ring (bicyclic) bond motifs is 1. The number of aliphatic imine (C=N–C) groups is 1. The molecule has 37 heavy (non-hydrogen) atoms. The van der Waals surface area contributed by atoms with E-state index in [1.807, 2.05) is 23.1 Å². The van der Waals surface area contributed by atoms with E-state index < -0.39 is 18.2 Å². The minimum atomic E-state index is -0.949. The number of aliphatic hydroxyl groups is 1. The third kappa shape index (κ3) is 7.22. The second-order valence-electron chi connectivity index (χ2n) is 11.5. The first-order chi connectivity index (χ1) is 18.0. The summed E-state index contributed by atoms with van der Waals surface area (Å²) in [7, 11) is 0. The topological polar surface area (TPSA) is 82.0 Å². The second-order valence-corrected chi connectivity index (χ2v) is 11.5. The molecule has 0 radical (unpaired) electrons. The van der Waals surface area contributed by atoms with E-state index >= 15 is 0 Å². The van der Waals surface area contributed by atoms with Crippen LogP contribution in [0.3, 0.4) is 0 Å². The van der Waals surface area contributed by atoms with Gasteiger partial charge in [0.1, 0.15) is 0 Å². The normalized spacial score (nSPS) is 22.5. The van der Waals surface area contributed by atoms with Gasteiger partial charge in [0.05, 0.1) is 23.4 Å². The number of benzodiazepines with no additional fused rings is 1. The van der Waals surface area contributed by atoms with Crippen LogP contribution in [-0.2, 0) is 9.59 Å². The number of aliphatic hydroxyl groups excluding tert-OH is 1. The van der Waals surface area contributed by atoms with Gasteiger partial charge in [-0.25, -0.2) is 0 Å². The van der Waals surface area contributed by atoms with E-state index in [2.05, 4.69) is 25.2 Å². The van der Waals surface area contributed by atoms with E-state index in [9.17, 15) is 14.7 Å². The molecule has 2 aliphatic carbocycles. The van der Waals surface area contributed by atoms with Crippen LogP contribution in [0.1, 0.15) is 109 Å². The van der Waals surface area contributed by atoms with Crippen LogP contribution in [0.4, 0.5) is 5.69 Å². The summed E-state index contributed by atoms with van der Waals surface area (Å²) >= 11 is 0. The highest BCUT2D eigenvalue weighted by Gasteiger charge is 2.38. The largest absolute Gasteiger partial charge is 0.392 e. The van der Waals surface area contributed by atoms with Gasteiger partial charge in [0.25, 0.3) is 5.91 Å². The Kier molecular flexibility index (Phi) is 10.2. The maximum absolute atomic E-state index is 14.0. The van der Waals surface area contributed by atoms with Gasteiger partial charge in [-0.2, -0.15) is 0 Å². The van der Waals surface area contributed by atoms with Gasteiger partial charge in [-0.05, 0) is 44.1 Å². The molecular formula is C31H47N3O3. The molecule has 2 amide bonds. The molecule has 2 saturated carbocycles. The molecule has 1 aliphatic heterocycles. The minimum absolute atomic E-state index is 0.161. The zero-order valence-electron chi connectivity index (χ0n) is 23.0. The number of hydrogen-bond acceptors (Lipinski definition) is 4. The number of benzene rings is 1. The Morgan fingerprint density at radius 2 is 1.76 bits per heavy atom. The fourth-order valence-corrected chi connectivity index (χ4v) is 5.98. The maximum Gasteiger partial charge on any atom is 0.272 e. The highest BCUT2D eigenvalue weighted by molar-refractivity contribution is 6.14. The molecule has 3 aliphatic rings. The van der Waals surface area contributed by atoms with E-state index in [0.717, 1.165) is 68.3 Å². The summed E-state index contributed by atoms with van der Waals surface area (Å²) in [6.45, 7) is 4.83. The SMILES string of the molecule is CCCC[C@H](O)[C@@H](CC1CC1)C(=O)NC1N=C(C2CCCCCC2)c2ccccc2N(CCCC)C1=O. The number of carbonyl (C=O) groups excluding carboxylic acids is 2. The Hall–Kier alpha value is -2.21. The average Bonchev–Trinajstić information content (AvgIpc) is 3.76. The summed E-state index contributed by atoms with van der Waals surface area (Å²) in [6.07, 6.45) is 12.6. The van der Waals surface area contributed by atoms with Gasteiger partial charge in [0.2, 0.25) is 12.1 Å². The number of carbonyl (C=O) groups is 2. The highest BCUT2D eigenvalue weighted by atomic mass is 16.3. The smallest absolute Gasteiger partial charge is 0.272 e. The molecule has 4 rings (SSSR count). The number of amides is 2. The number of anilines is 1. The molecule has 1 aromatic rings. The van der Waals surface area contributed by atoms with Crippen molar-refractivity contribution in [2.75, 3.05) is 11.4 Å². The quantitative estimate of drug-likeness (QED) is 0.339. The van der Waals surface area contributed by atoms with Crippen LogP contribution < -0.4 is 10.2 Å². The van der Waals surface area contributed by atoms with Gasteiger partial charge in [-0.1, -0.05) is 89.8 Å². The van der Waals surface area contributed by atoms with Crippen molar-refractivity contribution in [1.82, 2.24) is 5.32 Å². The first-order valence-corrected chi connectivity index (χ1v) is 15.0. The predicted molar refractivity (Wildman–Crippen MR) is 150 cm³/mol. The zero-order chi connectivity index (χ0) is 26.2. The van der Waals surface area contributed by atoms with E-state index in [1.54, 1.807) is 0 Å².